The maximum Gasteiger partial charge on any atom is 0.274 e. The van der Waals surface area contributed by atoms with Crippen LogP contribution in [0.1, 0.15) is 44.8 Å². The molecule has 3 heterocycles. The third kappa shape index (κ3) is 2.91. The predicted molar refractivity (Wildman–Crippen MR) is 103 cm³/mol. The van der Waals surface area contributed by atoms with Gasteiger partial charge < -0.3 is 14.9 Å². The number of rotatable bonds is 2. The van der Waals surface area contributed by atoms with E-state index in [1.54, 1.807) is 15.9 Å². The maximum absolute atomic E-state index is 13.5. The molecule has 1 aromatic heterocycles. The van der Waals surface area contributed by atoms with Crippen molar-refractivity contribution in [1.82, 2.24) is 20.0 Å². The van der Waals surface area contributed by atoms with Gasteiger partial charge in [-0.1, -0.05) is 6.07 Å². The summed E-state index contributed by atoms with van der Waals surface area (Å²) in [7, 11) is 0. The van der Waals surface area contributed by atoms with E-state index >= 15 is 0 Å². The lowest BCUT2D eigenvalue weighted by Crippen LogP contribution is -2.28. The molecule has 148 valence electrons. The molecule has 2 aliphatic rings. The lowest BCUT2D eigenvalue weighted by atomic mass is 10.1. The topological polar surface area (TPSA) is 89.5 Å². The number of benzene rings is 2. The van der Waals surface area contributed by atoms with Crippen molar-refractivity contribution in [3.8, 4) is 5.75 Å². The summed E-state index contributed by atoms with van der Waals surface area (Å²) >= 11 is 0. The summed E-state index contributed by atoms with van der Waals surface area (Å²) in [6, 6.07) is 7.40. The van der Waals surface area contributed by atoms with Gasteiger partial charge in [0, 0.05) is 37.6 Å². The van der Waals surface area contributed by atoms with E-state index in [9.17, 15) is 19.1 Å². The van der Waals surface area contributed by atoms with Gasteiger partial charge in [-0.3, -0.25) is 14.7 Å². The smallest absolute Gasteiger partial charge is 0.274 e. The number of H-pyrrole nitrogens is 1. The van der Waals surface area contributed by atoms with Gasteiger partial charge in [0.25, 0.3) is 11.8 Å². The molecule has 29 heavy (non-hydrogen) atoms. The number of aromatic amines is 1. The molecule has 0 unspecified atom stereocenters. The molecule has 1 saturated heterocycles. The number of carbonyl (C=O) groups excluding carboxylic acids is 2. The predicted octanol–water partition coefficient (Wildman–Crippen LogP) is 2.80. The Labute approximate surface area is 165 Å². The molecule has 2 aromatic carbocycles. The van der Waals surface area contributed by atoms with Gasteiger partial charge in [-0.25, -0.2) is 4.39 Å². The lowest BCUT2D eigenvalue weighted by molar-refractivity contribution is 0.0746. The monoisotopic (exact) mass is 394 g/mol. The number of likely N-dealkylation sites (tertiary alicyclic amines) is 1. The van der Waals surface area contributed by atoms with Crippen molar-refractivity contribution in [1.29, 1.82) is 0 Å². The summed E-state index contributed by atoms with van der Waals surface area (Å²) in [6.07, 6.45) is 1.93. The Balaban J connectivity index is 1.48. The van der Waals surface area contributed by atoms with E-state index in [-0.39, 0.29) is 41.2 Å². The van der Waals surface area contributed by atoms with Crippen LogP contribution in [-0.2, 0) is 13.1 Å². The summed E-state index contributed by atoms with van der Waals surface area (Å²) < 4.78 is 13.5. The van der Waals surface area contributed by atoms with Gasteiger partial charge >= 0.3 is 0 Å². The van der Waals surface area contributed by atoms with Gasteiger partial charge in [0.2, 0.25) is 0 Å². The van der Waals surface area contributed by atoms with Crippen LogP contribution in [0.5, 0.6) is 5.75 Å². The van der Waals surface area contributed by atoms with E-state index in [1.807, 2.05) is 0 Å². The van der Waals surface area contributed by atoms with Gasteiger partial charge in [0.15, 0.2) is 5.69 Å². The number of nitrogens with one attached hydrogen (secondary N) is 1. The highest BCUT2D eigenvalue weighted by Gasteiger charge is 2.29. The van der Waals surface area contributed by atoms with Gasteiger partial charge in [0.1, 0.15) is 11.6 Å². The summed E-state index contributed by atoms with van der Waals surface area (Å²) in [4.78, 5) is 29.1. The molecule has 0 bridgehead atoms. The van der Waals surface area contributed by atoms with Crippen LogP contribution in [0.15, 0.2) is 30.3 Å². The number of phenolic OH excluding ortho intramolecular Hbond substituents is 1. The van der Waals surface area contributed by atoms with Crippen LogP contribution in [-0.4, -0.2) is 50.0 Å². The van der Waals surface area contributed by atoms with Crippen molar-refractivity contribution < 1.29 is 19.1 Å². The number of amides is 2. The first-order chi connectivity index (χ1) is 14.0. The first-order valence-electron chi connectivity index (χ1n) is 9.58. The lowest BCUT2D eigenvalue weighted by Gasteiger charge is -2.17. The molecule has 1 fully saturated rings. The zero-order chi connectivity index (χ0) is 20.1. The molecule has 7 nitrogen and oxygen atoms in total. The van der Waals surface area contributed by atoms with Crippen LogP contribution >= 0.6 is 0 Å². The number of carbonyl (C=O) groups is 2. The largest absolute Gasteiger partial charge is 0.507 e. The second-order valence-electron chi connectivity index (χ2n) is 7.56. The van der Waals surface area contributed by atoms with Gasteiger partial charge in [-0.05, 0) is 42.2 Å². The number of nitrogens with zero attached hydrogens (tertiary/aromatic N) is 3. The van der Waals surface area contributed by atoms with E-state index < -0.39 is 0 Å². The molecule has 2 aliphatic heterocycles. The number of halogens is 1. The maximum atomic E-state index is 13.5. The van der Waals surface area contributed by atoms with Crippen molar-refractivity contribution in [2.24, 2.45) is 0 Å². The quantitative estimate of drug-likeness (QED) is 0.700. The fourth-order valence-corrected chi connectivity index (χ4v) is 4.13. The molecule has 0 aliphatic carbocycles. The molecule has 2 N–H and O–H groups in total. The molecule has 2 amide bonds. The standard InChI is InChI=1S/C21H19FN4O3/c22-14-4-3-12-10-26(11-13(12)7-14)20(28)16-8-15-17(9-18(16)27)23-24-19(15)21(29)25-5-1-2-6-25/h3-4,7-9,27H,1-2,5-6,10-11H2,(H,23,24). The van der Waals surface area contributed by atoms with Gasteiger partial charge in [-0.2, -0.15) is 5.10 Å². The fraction of sp³-hybridized carbons (Fsp3) is 0.286. The highest BCUT2D eigenvalue weighted by molar-refractivity contribution is 6.08. The van der Waals surface area contributed by atoms with E-state index in [2.05, 4.69) is 10.2 Å². The Hall–Kier alpha value is -3.42. The number of fused-ring (bicyclic) bond motifs is 2. The zero-order valence-electron chi connectivity index (χ0n) is 15.6. The zero-order valence-corrected chi connectivity index (χ0v) is 15.6. The number of aromatic hydroxyl groups is 1. The third-order valence-electron chi connectivity index (χ3n) is 5.68. The average Bonchev–Trinajstić information content (AvgIpc) is 3.44. The molecule has 3 aromatic rings. The van der Waals surface area contributed by atoms with Crippen LogP contribution in [0.4, 0.5) is 4.39 Å². The summed E-state index contributed by atoms with van der Waals surface area (Å²) in [6.45, 7) is 2.00. The first-order valence-corrected chi connectivity index (χ1v) is 9.58. The number of phenols is 1. The van der Waals surface area contributed by atoms with Crippen molar-refractivity contribution >= 4 is 22.7 Å². The van der Waals surface area contributed by atoms with Gasteiger partial charge in [0.05, 0.1) is 11.1 Å². The summed E-state index contributed by atoms with van der Waals surface area (Å²) in [5.74, 6) is -1.08. The van der Waals surface area contributed by atoms with Crippen LogP contribution in [0.2, 0.25) is 0 Å². The van der Waals surface area contributed by atoms with E-state index in [4.69, 9.17) is 0 Å². The summed E-state index contributed by atoms with van der Waals surface area (Å²) in [5, 5.41) is 17.8. The number of aromatic nitrogens is 2. The number of hydrogen-bond acceptors (Lipinski definition) is 4. The minimum absolute atomic E-state index is 0.0997. The molecule has 5 rings (SSSR count). The second kappa shape index (κ2) is 6.58. The molecule has 0 radical (unpaired) electrons. The highest BCUT2D eigenvalue weighted by atomic mass is 19.1. The van der Waals surface area contributed by atoms with Crippen LogP contribution in [0.3, 0.4) is 0 Å². The molecule has 0 saturated carbocycles. The van der Waals surface area contributed by atoms with Crippen LogP contribution in [0.25, 0.3) is 10.9 Å². The van der Waals surface area contributed by atoms with Crippen LogP contribution in [0, 0.1) is 5.82 Å². The Morgan fingerprint density at radius 3 is 2.55 bits per heavy atom. The first kappa shape index (κ1) is 17.7. The minimum Gasteiger partial charge on any atom is -0.507 e. The normalized spacial score (nSPS) is 15.9. The van der Waals surface area contributed by atoms with E-state index in [0.717, 1.165) is 24.0 Å². The molecular formula is C21H19FN4O3. The second-order valence-corrected chi connectivity index (χ2v) is 7.56. The SMILES string of the molecule is O=C(c1cc2c(C(=O)N3CCCC3)n[nH]c2cc1O)N1Cc2ccc(F)cc2C1. The molecule has 0 spiro atoms. The van der Waals surface area contributed by atoms with E-state index in [0.29, 0.717) is 30.5 Å². The van der Waals surface area contributed by atoms with Gasteiger partial charge in [-0.15, -0.1) is 0 Å². The Kier molecular flexibility index (Phi) is 4.01. The van der Waals surface area contributed by atoms with Crippen molar-refractivity contribution in [3.63, 3.8) is 0 Å². The van der Waals surface area contributed by atoms with Crippen molar-refractivity contribution in [2.45, 2.75) is 25.9 Å². The molecule has 0 atom stereocenters. The Morgan fingerprint density at radius 2 is 1.76 bits per heavy atom. The minimum atomic E-state index is -0.373. The number of hydrogen-bond donors (Lipinski definition) is 2. The molecule has 8 heteroatoms. The third-order valence-corrected chi connectivity index (χ3v) is 5.68. The average molecular weight is 394 g/mol. The summed E-state index contributed by atoms with van der Waals surface area (Å²) in [5.41, 5.74) is 2.49. The Bertz CT molecular complexity index is 1150. The van der Waals surface area contributed by atoms with Crippen molar-refractivity contribution in [3.05, 3.63) is 58.5 Å². The fourth-order valence-electron chi connectivity index (χ4n) is 4.13. The van der Waals surface area contributed by atoms with Crippen molar-refractivity contribution in [2.75, 3.05) is 13.1 Å². The Morgan fingerprint density at radius 1 is 1.00 bits per heavy atom. The van der Waals surface area contributed by atoms with E-state index in [1.165, 1.54) is 24.3 Å². The van der Waals surface area contributed by atoms with Crippen LogP contribution < -0.4 is 0 Å². The highest BCUT2D eigenvalue weighted by Crippen LogP contribution is 2.31. The molecular weight excluding hydrogens is 375 g/mol.